The Balaban J connectivity index is 1.62. The summed E-state index contributed by atoms with van der Waals surface area (Å²) in [6.07, 6.45) is 5.15. The number of hydrogen-bond acceptors (Lipinski definition) is 6. The molecule has 7 nitrogen and oxygen atoms in total. The third-order valence-corrected chi connectivity index (χ3v) is 5.84. The molecular formula is C22H27N3O4. The van der Waals surface area contributed by atoms with E-state index in [0.717, 1.165) is 18.5 Å². The van der Waals surface area contributed by atoms with Gasteiger partial charge in [-0.1, -0.05) is 25.9 Å². The molecule has 2 aliphatic rings. The van der Waals surface area contributed by atoms with Gasteiger partial charge in [0.1, 0.15) is 5.76 Å². The number of fused-ring (bicyclic) bond motifs is 2. The molecule has 2 aromatic heterocycles. The molecule has 0 saturated carbocycles. The Labute approximate surface area is 169 Å². The second-order valence-electron chi connectivity index (χ2n) is 8.97. The van der Waals surface area contributed by atoms with Crippen molar-refractivity contribution < 1.29 is 18.9 Å². The molecule has 154 valence electrons. The maximum atomic E-state index is 12.6. The van der Waals surface area contributed by atoms with Gasteiger partial charge in [-0.15, -0.1) is 0 Å². The first-order valence-corrected chi connectivity index (χ1v) is 10.5. The van der Waals surface area contributed by atoms with E-state index in [9.17, 15) is 14.4 Å². The highest BCUT2D eigenvalue weighted by Crippen LogP contribution is 2.36. The van der Waals surface area contributed by atoms with E-state index in [4.69, 9.17) is 4.52 Å². The molecule has 2 aromatic rings. The lowest BCUT2D eigenvalue weighted by molar-refractivity contribution is 0.0877. The van der Waals surface area contributed by atoms with E-state index < -0.39 is 0 Å². The van der Waals surface area contributed by atoms with E-state index in [1.54, 1.807) is 0 Å². The average Bonchev–Trinajstić information content (AvgIpc) is 3.21. The predicted octanol–water partition coefficient (Wildman–Crippen LogP) is 3.77. The number of aromatic nitrogens is 3. The van der Waals surface area contributed by atoms with E-state index in [1.807, 2.05) is 20.8 Å². The van der Waals surface area contributed by atoms with Gasteiger partial charge in [0, 0.05) is 25.7 Å². The second kappa shape index (κ2) is 7.35. The third-order valence-electron chi connectivity index (χ3n) is 5.84. The Bertz CT molecular complexity index is 996. The smallest absolute Gasteiger partial charge is 0.247 e. The van der Waals surface area contributed by atoms with Crippen LogP contribution < -0.4 is 0 Å². The maximum absolute atomic E-state index is 12.6. The first-order valence-electron chi connectivity index (χ1n) is 10.5. The lowest BCUT2D eigenvalue weighted by atomic mass is 9.76. The molecular weight excluding hydrogens is 370 g/mol. The van der Waals surface area contributed by atoms with Gasteiger partial charge in [-0.25, -0.2) is 4.68 Å². The minimum absolute atomic E-state index is 0.0526. The standard InChI is InChI=1S/C22H27N3O4/c1-4-6-19(28)25-15-7-5-8-16(26)20(15)13(23-25)9-10-14-21-17(27)11-22(2,3)12-18(21)29-24-14/h4-12H2,1-3H3. The van der Waals surface area contributed by atoms with Crippen molar-refractivity contribution in [2.45, 2.75) is 78.6 Å². The van der Waals surface area contributed by atoms with Crippen LogP contribution in [0.3, 0.4) is 0 Å². The van der Waals surface area contributed by atoms with Crippen molar-refractivity contribution in [2.24, 2.45) is 5.41 Å². The molecule has 0 unspecified atom stereocenters. The van der Waals surface area contributed by atoms with Crippen LogP contribution in [0.1, 0.15) is 101 Å². The van der Waals surface area contributed by atoms with E-state index >= 15 is 0 Å². The monoisotopic (exact) mass is 397 g/mol. The topological polar surface area (TPSA) is 95.1 Å². The zero-order valence-electron chi connectivity index (χ0n) is 17.3. The summed E-state index contributed by atoms with van der Waals surface area (Å²) in [4.78, 5) is 37.7. The summed E-state index contributed by atoms with van der Waals surface area (Å²) < 4.78 is 6.91. The van der Waals surface area contributed by atoms with Gasteiger partial charge < -0.3 is 4.52 Å². The molecule has 0 radical (unpaired) electrons. The normalized spacial score (nSPS) is 17.9. The van der Waals surface area contributed by atoms with Gasteiger partial charge >= 0.3 is 0 Å². The molecule has 2 heterocycles. The van der Waals surface area contributed by atoms with Crippen LogP contribution in [0.2, 0.25) is 0 Å². The van der Waals surface area contributed by atoms with Crippen molar-refractivity contribution in [1.82, 2.24) is 14.9 Å². The first kappa shape index (κ1) is 19.7. The number of carbonyl (C=O) groups is 3. The summed E-state index contributed by atoms with van der Waals surface area (Å²) in [7, 11) is 0. The van der Waals surface area contributed by atoms with Gasteiger partial charge in [0.15, 0.2) is 11.6 Å². The molecule has 0 fully saturated rings. The molecule has 0 atom stereocenters. The minimum Gasteiger partial charge on any atom is -0.360 e. The zero-order valence-corrected chi connectivity index (χ0v) is 17.3. The number of ketones is 2. The zero-order chi connectivity index (χ0) is 20.8. The van der Waals surface area contributed by atoms with E-state index in [-0.39, 0.29) is 22.9 Å². The Hall–Kier alpha value is -2.57. The fourth-order valence-electron chi connectivity index (χ4n) is 4.53. The van der Waals surface area contributed by atoms with Gasteiger partial charge in [0.25, 0.3) is 0 Å². The number of aryl methyl sites for hydroxylation is 2. The lowest BCUT2D eigenvalue weighted by Gasteiger charge is -2.26. The summed E-state index contributed by atoms with van der Waals surface area (Å²) in [6.45, 7) is 6.05. The van der Waals surface area contributed by atoms with Gasteiger partial charge in [0.05, 0.1) is 28.2 Å². The van der Waals surface area contributed by atoms with Crippen LogP contribution in [-0.4, -0.2) is 32.4 Å². The summed E-state index contributed by atoms with van der Waals surface area (Å²) in [5, 5.41) is 8.67. The van der Waals surface area contributed by atoms with E-state index in [0.29, 0.717) is 73.2 Å². The van der Waals surface area contributed by atoms with Crippen molar-refractivity contribution in [1.29, 1.82) is 0 Å². The molecule has 0 spiro atoms. The highest BCUT2D eigenvalue weighted by Gasteiger charge is 2.36. The quantitative estimate of drug-likeness (QED) is 0.762. The van der Waals surface area contributed by atoms with Gasteiger partial charge in [-0.2, -0.15) is 5.10 Å². The number of carbonyl (C=O) groups excluding carboxylic acids is 3. The fraction of sp³-hybridized carbons (Fsp3) is 0.591. The molecule has 0 N–H and O–H groups in total. The first-order chi connectivity index (χ1) is 13.8. The summed E-state index contributed by atoms with van der Waals surface area (Å²) in [6, 6.07) is 0. The second-order valence-corrected chi connectivity index (χ2v) is 8.97. The SMILES string of the molecule is CCCC(=O)n1nc(CCc2noc3c2C(=O)CC(C)(C)C3)c2c1CCCC2=O. The molecule has 0 aromatic carbocycles. The summed E-state index contributed by atoms with van der Waals surface area (Å²) >= 11 is 0. The Morgan fingerprint density at radius 2 is 1.83 bits per heavy atom. The van der Waals surface area contributed by atoms with Crippen LogP contribution >= 0.6 is 0 Å². The van der Waals surface area contributed by atoms with Crippen LogP contribution in [0, 0.1) is 5.41 Å². The average molecular weight is 397 g/mol. The van der Waals surface area contributed by atoms with Crippen LogP contribution in [0.25, 0.3) is 0 Å². The van der Waals surface area contributed by atoms with Crippen LogP contribution in [-0.2, 0) is 25.7 Å². The predicted molar refractivity (Wildman–Crippen MR) is 105 cm³/mol. The molecule has 2 aliphatic carbocycles. The number of nitrogens with zero attached hydrogens (tertiary/aromatic N) is 3. The minimum atomic E-state index is -0.120. The number of Topliss-reactive ketones (excluding diaryl/α,β-unsaturated/α-hetero) is 2. The molecule has 4 rings (SSSR count). The van der Waals surface area contributed by atoms with Crippen molar-refractivity contribution in [3.63, 3.8) is 0 Å². The van der Waals surface area contributed by atoms with Gasteiger partial charge in [-0.05, 0) is 37.5 Å². The van der Waals surface area contributed by atoms with Crippen LogP contribution in [0.15, 0.2) is 4.52 Å². The molecule has 0 saturated heterocycles. The van der Waals surface area contributed by atoms with Crippen LogP contribution in [0.5, 0.6) is 0 Å². The number of hydrogen-bond donors (Lipinski definition) is 0. The fourth-order valence-corrected chi connectivity index (χ4v) is 4.53. The Morgan fingerprint density at radius 3 is 2.59 bits per heavy atom. The molecule has 0 bridgehead atoms. The largest absolute Gasteiger partial charge is 0.360 e. The highest BCUT2D eigenvalue weighted by molar-refractivity contribution is 6.00. The Morgan fingerprint density at radius 1 is 1.07 bits per heavy atom. The van der Waals surface area contributed by atoms with E-state index in [1.165, 1.54) is 4.68 Å². The summed E-state index contributed by atoms with van der Waals surface area (Å²) in [5.74, 6) is 0.704. The maximum Gasteiger partial charge on any atom is 0.247 e. The Kier molecular flexibility index (Phi) is 5.00. The molecule has 29 heavy (non-hydrogen) atoms. The van der Waals surface area contributed by atoms with Gasteiger partial charge in [0.2, 0.25) is 5.91 Å². The molecule has 7 heteroatoms. The third kappa shape index (κ3) is 3.58. The molecule has 0 aliphatic heterocycles. The summed E-state index contributed by atoms with van der Waals surface area (Å²) in [5.41, 5.74) is 3.10. The van der Waals surface area contributed by atoms with Crippen molar-refractivity contribution in [2.75, 3.05) is 0 Å². The van der Waals surface area contributed by atoms with Crippen molar-refractivity contribution in [3.05, 3.63) is 34.0 Å². The highest BCUT2D eigenvalue weighted by atomic mass is 16.5. The van der Waals surface area contributed by atoms with Crippen molar-refractivity contribution >= 4 is 17.5 Å². The molecule has 0 amide bonds. The van der Waals surface area contributed by atoms with Crippen LogP contribution in [0.4, 0.5) is 0 Å². The lowest BCUT2D eigenvalue weighted by Crippen LogP contribution is -2.26. The van der Waals surface area contributed by atoms with Crippen molar-refractivity contribution in [3.8, 4) is 0 Å². The number of rotatable bonds is 5. The van der Waals surface area contributed by atoms with Gasteiger partial charge in [-0.3, -0.25) is 14.4 Å². The van der Waals surface area contributed by atoms with E-state index in [2.05, 4.69) is 10.3 Å².